The number of benzene rings is 1. The summed E-state index contributed by atoms with van der Waals surface area (Å²) in [7, 11) is 1.68. The van der Waals surface area contributed by atoms with Gasteiger partial charge in [0.2, 0.25) is 0 Å². The van der Waals surface area contributed by atoms with Gasteiger partial charge in [-0.1, -0.05) is 20.8 Å². The first kappa shape index (κ1) is 19.0. The molecule has 4 rings (SSSR count). The van der Waals surface area contributed by atoms with E-state index in [1.807, 2.05) is 18.3 Å². The molecule has 0 spiro atoms. The first-order chi connectivity index (χ1) is 13.4. The summed E-state index contributed by atoms with van der Waals surface area (Å²) in [4.78, 5) is 16.7. The fraction of sp³-hybridized carbons (Fsp3) is 0.409. The van der Waals surface area contributed by atoms with E-state index in [0.717, 1.165) is 53.9 Å². The fourth-order valence-electron chi connectivity index (χ4n) is 3.34. The Morgan fingerprint density at radius 2 is 1.93 bits per heavy atom. The van der Waals surface area contributed by atoms with Gasteiger partial charge in [-0.3, -0.25) is 4.90 Å². The van der Waals surface area contributed by atoms with Gasteiger partial charge in [-0.2, -0.15) is 0 Å². The summed E-state index contributed by atoms with van der Waals surface area (Å²) in [6.07, 6.45) is 2.98. The van der Waals surface area contributed by atoms with Crippen molar-refractivity contribution in [3.8, 4) is 17.0 Å². The summed E-state index contributed by atoms with van der Waals surface area (Å²) in [6, 6.07) is 8.06. The van der Waals surface area contributed by atoms with Crippen LogP contribution in [0.5, 0.6) is 5.75 Å². The van der Waals surface area contributed by atoms with Crippen LogP contribution < -0.4 is 4.74 Å². The van der Waals surface area contributed by atoms with Crippen LogP contribution in [0.3, 0.4) is 0 Å². The molecule has 0 amide bonds. The van der Waals surface area contributed by atoms with E-state index in [1.165, 1.54) is 11.3 Å². The van der Waals surface area contributed by atoms with Crippen LogP contribution in [0.25, 0.3) is 11.3 Å². The van der Waals surface area contributed by atoms with Crippen molar-refractivity contribution in [2.24, 2.45) is 0 Å². The van der Waals surface area contributed by atoms with Crippen molar-refractivity contribution in [1.29, 1.82) is 0 Å². The Labute approximate surface area is 170 Å². The van der Waals surface area contributed by atoms with Gasteiger partial charge in [0.25, 0.3) is 0 Å². The minimum absolute atomic E-state index is 0.00902. The van der Waals surface area contributed by atoms with Gasteiger partial charge in [0, 0.05) is 53.3 Å². The second kappa shape index (κ2) is 7.60. The van der Waals surface area contributed by atoms with Crippen molar-refractivity contribution < 1.29 is 4.74 Å². The molecule has 0 saturated heterocycles. The Morgan fingerprint density at radius 1 is 1.14 bits per heavy atom. The molecular formula is C22H26N4OS. The second-order valence-electron chi connectivity index (χ2n) is 8.23. The highest BCUT2D eigenvalue weighted by Crippen LogP contribution is 2.27. The summed E-state index contributed by atoms with van der Waals surface area (Å²) in [6.45, 7) is 9.23. The third-order valence-electron chi connectivity index (χ3n) is 4.98. The van der Waals surface area contributed by atoms with E-state index in [4.69, 9.17) is 14.7 Å². The number of hydrogen-bond donors (Lipinski definition) is 0. The van der Waals surface area contributed by atoms with Gasteiger partial charge in [-0.15, -0.1) is 11.3 Å². The van der Waals surface area contributed by atoms with Crippen LogP contribution in [0, 0.1) is 0 Å². The molecule has 0 saturated carbocycles. The zero-order chi connectivity index (χ0) is 19.7. The molecular weight excluding hydrogens is 368 g/mol. The lowest BCUT2D eigenvalue weighted by Crippen LogP contribution is -2.31. The van der Waals surface area contributed by atoms with Crippen molar-refractivity contribution in [3.63, 3.8) is 0 Å². The highest BCUT2D eigenvalue weighted by atomic mass is 32.1. The molecule has 3 aromatic rings. The largest absolute Gasteiger partial charge is 0.497 e. The summed E-state index contributed by atoms with van der Waals surface area (Å²) in [5.41, 5.74) is 4.58. The molecule has 6 heteroatoms. The smallest absolute Gasteiger partial charge is 0.133 e. The average molecular weight is 395 g/mol. The predicted molar refractivity (Wildman–Crippen MR) is 113 cm³/mol. The quantitative estimate of drug-likeness (QED) is 0.654. The number of ether oxygens (including phenoxy) is 1. The van der Waals surface area contributed by atoms with E-state index >= 15 is 0 Å². The third kappa shape index (κ3) is 4.08. The van der Waals surface area contributed by atoms with Crippen LogP contribution in [0.1, 0.15) is 42.9 Å². The zero-order valence-electron chi connectivity index (χ0n) is 16.9. The number of hydrogen-bond acceptors (Lipinski definition) is 6. The molecule has 0 radical (unpaired) electrons. The molecule has 28 heavy (non-hydrogen) atoms. The molecule has 0 unspecified atom stereocenters. The molecule has 1 aliphatic heterocycles. The van der Waals surface area contributed by atoms with Gasteiger partial charge >= 0.3 is 0 Å². The van der Waals surface area contributed by atoms with Gasteiger partial charge in [0.05, 0.1) is 19.3 Å². The van der Waals surface area contributed by atoms with E-state index in [2.05, 4.69) is 48.2 Å². The van der Waals surface area contributed by atoms with Crippen molar-refractivity contribution in [2.75, 3.05) is 13.7 Å². The third-order valence-corrected chi connectivity index (χ3v) is 5.81. The molecule has 5 nitrogen and oxygen atoms in total. The first-order valence-corrected chi connectivity index (χ1v) is 10.5. The van der Waals surface area contributed by atoms with E-state index in [1.54, 1.807) is 18.4 Å². The molecule has 0 bridgehead atoms. The standard InChI is InChI=1S/C22H26N4OS/c1-22(2,3)21-23-11-16-12-26(10-9-18(16)25-21)13-20-24-19(14-28-20)15-5-7-17(27-4)8-6-15/h5-8,11,14H,9-10,12-13H2,1-4H3. The Balaban J connectivity index is 1.44. The highest BCUT2D eigenvalue weighted by Gasteiger charge is 2.23. The number of nitrogens with zero attached hydrogens (tertiary/aromatic N) is 4. The molecule has 0 atom stereocenters. The molecule has 0 fully saturated rings. The van der Waals surface area contributed by atoms with Gasteiger partial charge in [0.1, 0.15) is 16.6 Å². The lowest BCUT2D eigenvalue weighted by molar-refractivity contribution is 0.242. The first-order valence-electron chi connectivity index (χ1n) is 9.59. The maximum Gasteiger partial charge on any atom is 0.133 e. The monoisotopic (exact) mass is 394 g/mol. The van der Waals surface area contributed by atoms with Crippen LogP contribution >= 0.6 is 11.3 Å². The molecule has 3 heterocycles. The molecule has 1 aromatic carbocycles. The highest BCUT2D eigenvalue weighted by molar-refractivity contribution is 7.09. The van der Waals surface area contributed by atoms with E-state index < -0.39 is 0 Å². The van der Waals surface area contributed by atoms with Crippen LogP contribution in [0.2, 0.25) is 0 Å². The Morgan fingerprint density at radius 3 is 2.64 bits per heavy atom. The van der Waals surface area contributed by atoms with Gasteiger partial charge < -0.3 is 4.74 Å². The average Bonchev–Trinajstić information content (AvgIpc) is 3.15. The molecule has 1 aliphatic rings. The maximum absolute atomic E-state index is 5.23. The number of fused-ring (bicyclic) bond motifs is 1. The van der Waals surface area contributed by atoms with Crippen LogP contribution in [0.4, 0.5) is 0 Å². The molecule has 0 aliphatic carbocycles. The summed E-state index contributed by atoms with van der Waals surface area (Å²) in [5, 5.41) is 3.27. The second-order valence-corrected chi connectivity index (χ2v) is 9.17. The Hall–Kier alpha value is -2.31. The lowest BCUT2D eigenvalue weighted by atomic mass is 9.95. The van der Waals surface area contributed by atoms with Crippen LogP contribution in [-0.2, 0) is 24.9 Å². The van der Waals surface area contributed by atoms with Crippen LogP contribution in [0.15, 0.2) is 35.8 Å². The van der Waals surface area contributed by atoms with E-state index in [9.17, 15) is 0 Å². The number of rotatable bonds is 4. The normalized spacial score (nSPS) is 14.7. The zero-order valence-corrected chi connectivity index (χ0v) is 17.7. The number of thiazole rings is 1. The van der Waals surface area contributed by atoms with E-state index in [0.29, 0.717) is 0 Å². The van der Waals surface area contributed by atoms with Crippen molar-refractivity contribution in [3.05, 3.63) is 57.9 Å². The molecule has 146 valence electrons. The Bertz CT molecular complexity index is 959. The van der Waals surface area contributed by atoms with Gasteiger partial charge in [-0.05, 0) is 24.3 Å². The van der Waals surface area contributed by atoms with Crippen molar-refractivity contribution in [2.45, 2.75) is 45.7 Å². The summed E-state index contributed by atoms with van der Waals surface area (Å²) in [5.74, 6) is 1.80. The van der Waals surface area contributed by atoms with Crippen molar-refractivity contribution in [1.82, 2.24) is 19.9 Å². The maximum atomic E-state index is 5.23. The lowest BCUT2D eigenvalue weighted by Gasteiger charge is -2.28. The summed E-state index contributed by atoms with van der Waals surface area (Å²) >= 11 is 1.72. The minimum atomic E-state index is -0.00902. The molecule has 2 aromatic heterocycles. The predicted octanol–water partition coefficient (Wildman–Crippen LogP) is 4.46. The van der Waals surface area contributed by atoms with Crippen LogP contribution in [-0.4, -0.2) is 33.5 Å². The fourth-order valence-corrected chi connectivity index (χ4v) is 4.18. The SMILES string of the molecule is COc1ccc(-c2csc(CN3CCc4nc(C(C)(C)C)ncc4C3)n2)cc1. The minimum Gasteiger partial charge on any atom is -0.497 e. The Kier molecular flexibility index (Phi) is 5.17. The number of aromatic nitrogens is 3. The van der Waals surface area contributed by atoms with E-state index in [-0.39, 0.29) is 5.41 Å². The summed E-state index contributed by atoms with van der Waals surface area (Å²) < 4.78 is 5.23. The molecule has 0 N–H and O–H groups in total. The topological polar surface area (TPSA) is 51.1 Å². The number of methoxy groups -OCH3 is 1. The van der Waals surface area contributed by atoms with Gasteiger partial charge in [0.15, 0.2) is 0 Å². The van der Waals surface area contributed by atoms with Crippen molar-refractivity contribution >= 4 is 11.3 Å². The van der Waals surface area contributed by atoms with Gasteiger partial charge in [-0.25, -0.2) is 15.0 Å².